The highest BCUT2D eigenvalue weighted by molar-refractivity contribution is 9.10. The van der Waals surface area contributed by atoms with Crippen LogP contribution < -0.4 is 11.2 Å². The number of aromatic amines is 1. The standard InChI is InChI=1S/C15H13BrN4O3S/c1-19-11-12(20(2)14(23)18-13(11)22)17-15(19)24-7-10(21)8-3-5-9(16)6-4-8/h3-6H,7H2,1-2H3,(H,18,22,23). The second kappa shape index (κ2) is 6.40. The Labute approximate surface area is 148 Å². The lowest BCUT2D eigenvalue weighted by atomic mass is 10.2. The summed E-state index contributed by atoms with van der Waals surface area (Å²) in [7, 11) is 3.22. The highest BCUT2D eigenvalue weighted by Crippen LogP contribution is 2.21. The fourth-order valence-corrected chi connectivity index (χ4v) is 3.39. The topological polar surface area (TPSA) is 89.8 Å². The molecule has 0 saturated heterocycles. The average molecular weight is 409 g/mol. The van der Waals surface area contributed by atoms with Gasteiger partial charge in [0.1, 0.15) is 0 Å². The van der Waals surface area contributed by atoms with Crippen molar-refractivity contribution in [3.8, 4) is 0 Å². The second-order valence-corrected chi connectivity index (χ2v) is 7.02. The van der Waals surface area contributed by atoms with Gasteiger partial charge in [-0.2, -0.15) is 0 Å². The third kappa shape index (κ3) is 2.96. The van der Waals surface area contributed by atoms with E-state index in [4.69, 9.17) is 0 Å². The summed E-state index contributed by atoms with van der Waals surface area (Å²) in [5.74, 6) is 0.146. The van der Waals surface area contributed by atoms with Crippen molar-refractivity contribution in [1.29, 1.82) is 0 Å². The maximum absolute atomic E-state index is 12.2. The molecule has 0 amide bonds. The summed E-state index contributed by atoms with van der Waals surface area (Å²) in [6.07, 6.45) is 0. The number of imidazole rings is 1. The van der Waals surface area contributed by atoms with E-state index in [0.29, 0.717) is 21.9 Å². The molecule has 0 saturated carbocycles. The molecule has 1 aromatic carbocycles. The SMILES string of the molecule is Cn1c(SCC(=O)c2ccc(Br)cc2)nc2c1c(=O)[nH]c(=O)n2C. The number of H-pyrrole nitrogens is 1. The van der Waals surface area contributed by atoms with Crippen LogP contribution >= 0.6 is 27.7 Å². The number of nitrogens with zero attached hydrogens (tertiary/aromatic N) is 3. The predicted octanol–water partition coefficient (Wildman–Crippen LogP) is 1.70. The number of fused-ring (bicyclic) bond motifs is 1. The number of aromatic nitrogens is 4. The number of thioether (sulfide) groups is 1. The first kappa shape index (κ1) is 16.7. The van der Waals surface area contributed by atoms with Gasteiger partial charge in [-0.05, 0) is 12.1 Å². The van der Waals surface area contributed by atoms with E-state index in [1.54, 1.807) is 23.7 Å². The zero-order chi connectivity index (χ0) is 17.4. The molecular formula is C15H13BrN4O3S. The third-order valence-corrected chi connectivity index (χ3v) is 5.15. The molecule has 0 spiro atoms. The quantitative estimate of drug-likeness (QED) is 0.524. The summed E-state index contributed by atoms with van der Waals surface area (Å²) in [4.78, 5) is 42.4. The van der Waals surface area contributed by atoms with Crippen molar-refractivity contribution in [2.45, 2.75) is 5.16 Å². The summed E-state index contributed by atoms with van der Waals surface area (Å²) in [5.41, 5.74) is 0.192. The van der Waals surface area contributed by atoms with Gasteiger partial charge in [0.2, 0.25) is 0 Å². The Bertz CT molecular complexity index is 1050. The van der Waals surface area contributed by atoms with Gasteiger partial charge in [0.05, 0.1) is 5.75 Å². The Hall–Kier alpha value is -2.13. The van der Waals surface area contributed by atoms with E-state index in [1.165, 1.54) is 23.4 Å². The number of hydrogen-bond acceptors (Lipinski definition) is 5. The molecule has 2 aromatic heterocycles. The molecule has 0 fully saturated rings. The highest BCUT2D eigenvalue weighted by atomic mass is 79.9. The molecule has 0 atom stereocenters. The van der Waals surface area contributed by atoms with Gasteiger partial charge in [0.15, 0.2) is 22.1 Å². The van der Waals surface area contributed by atoms with E-state index in [0.717, 1.165) is 4.47 Å². The van der Waals surface area contributed by atoms with E-state index in [-0.39, 0.29) is 11.5 Å². The molecular weight excluding hydrogens is 396 g/mol. The lowest BCUT2D eigenvalue weighted by Gasteiger charge is -2.02. The molecule has 0 unspecified atom stereocenters. The van der Waals surface area contributed by atoms with Crippen LogP contribution in [0.3, 0.4) is 0 Å². The molecule has 0 aliphatic rings. The molecule has 2 heterocycles. The smallest absolute Gasteiger partial charge is 0.316 e. The lowest BCUT2D eigenvalue weighted by Crippen LogP contribution is -2.29. The van der Waals surface area contributed by atoms with Gasteiger partial charge >= 0.3 is 5.69 Å². The van der Waals surface area contributed by atoms with Gasteiger partial charge in [0.25, 0.3) is 5.56 Å². The van der Waals surface area contributed by atoms with Crippen molar-refractivity contribution in [2.75, 3.05) is 5.75 Å². The van der Waals surface area contributed by atoms with Gasteiger partial charge in [-0.25, -0.2) is 9.78 Å². The average Bonchev–Trinajstić information content (AvgIpc) is 2.88. The van der Waals surface area contributed by atoms with Crippen LogP contribution in [0.2, 0.25) is 0 Å². The first-order valence-electron chi connectivity index (χ1n) is 6.96. The van der Waals surface area contributed by atoms with Crippen LogP contribution in [0.5, 0.6) is 0 Å². The largest absolute Gasteiger partial charge is 0.329 e. The van der Waals surface area contributed by atoms with E-state index < -0.39 is 11.2 Å². The molecule has 0 aliphatic heterocycles. The number of halogens is 1. The van der Waals surface area contributed by atoms with Crippen LogP contribution in [0.1, 0.15) is 10.4 Å². The summed E-state index contributed by atoms with van der Waals surface area (Å²) >= 11 is 4.55. The van der Waals surface area contributed by atoms with Gasteiger partial charge in [-0.1, -0.05) is 39.8 Å². The summed E-state index contributed by atoms with van der Waals surface area (Å²) in [6.45, 7) is 0. The number of aryl methyl sites for hydroxylation is 2. The Morgan fingerprint density at radius 2 is 1.88 bits per heavy atom. The van der Waals surface area contributed by atoms with Crippen LogP contribution in [0.25, 0.3) is 11.2 Å². The van der Waals surface area contributed by atoms with Gasteiger partial charge < -0.3 is 4.57 Å². The first-order valence-corrected chi connectivity index (χ1v) is 8.73. The number of benzene rings is 1. The van der Waals surface area contributed by atoms with E-state index in [1.807, 2.05) is 12.1 Å². The van der Waals surface area contributed by atoms with E-state index >= 15 is 0 Å². The molecule has 0 radical (unpaired) electrons. The van der Waals surface area contributed by atoms with Crippen molar-refractivity contribution < 1.29 is 4.79 Å². The molecule has 7 nitrogen and oxygen atoms in total. The number of nitrogens with one attached hydrogen (secondary N) is 1. The van der Waals surface area contributed by atoms with E-state index in [2.05, 4.69) is 25.9 Å². The van der Waals surface area contributed by atoms with Crippen LogP contribution in [-0.2, 0) is 14.1 Å². The molecule has 3 rings (SSSR count). The van der Waals surface area contributed by atoms with Crippen LogP contribution in [0.15, 0.2) is 43.5 Å². The molecule has 0 bridgehead atoms. The highest BCUT2D eigenvalue weighted by Gasteiger charge is 2.16. The zero-order valence-electron chi connectivity index (χ0n) is 12.9. The van der Waals surface area contributed by atoms with Crippen LogP contribution in [0, 0.1) is 0 Å². The van der Waals surface area contributed by atoms with Crippen molar-refractivity contribution in [2.24, 2.45) is 14.1 Å². The maximum atomic E-state index is 12.2. The number of carbonyl (C=O) groups is 1. The third-order valence-electron chi connectivity index (χ3n) is 3.59. The summed E-state index contributed by atoms with van der Waals surface area (Å²) in [6, 6.07) is 7.11. The van der Waals surface area contributed by atoms with Crippen LogP contribution in [0.4, 0.5) is 0 Å². The maximum Gasteiger partial charge on any atom is 0.329 e. The second-order valence-electron chi connectivity index (χ2n) is 5.16. The molecule has 3 aromatic rings. The number of rotatable bonds is 4. The normalized spacial score (nSPS) is 11.1. The number of ketones is 1. The van der Waals surface area contributed by atoms with Gasteiger partial charge in [-0.3, -0.25) is 19.1 Å². The Morgan fingerprint density at radius 1 is 1.21 bits per heavy atom. The minimum atomic E-state index is -0.520. The fourth-order valence-electron chi connectivity index (χ4n) is 2.27. The number of Topliss-reactive ketones (excluding diaryl/α,β-unsaturated/α-hetero) is 1. The lowest BCUT2D eigenvalue weighted by molar-refractivity contribution is 0.102. The Morgan fingerprint density at radius 3 is 2.54 bits per heavy atom. The van der Waals surface area contributed by atoms with Crippen LogP contribution in [-0.4, -0.2) is 30.6 Å². The first-order chi connectivity index (χ1) is 11.4. The Balaban J connectivity index is 1.90. The molecule has 124 valence electrons. The van der Waals surface area contributed by atoms with Gasteiger partial charge in [-0.15, -0.1) is 0 Å². The Kier molecular flexibility index (Phi) is 4.46. The van der Waals surface area contributed by atoms with Crippen molar-refractivity contribution >= 4 is 44.6 Å². The van der Waals surface area contributed by atoms with Crippen molar-refractivity contribution in [3.63, 3.8) is 0 Å². The predicted molar refractivity (Wildman–Crippen MR) is 95.8 cm³/mol. The zero-order valence-corrected chi connectivity index (χ0v) is 15.3. The molecule has 24 heavy (non-hydrogen) atoms. The number of hydrogen-bond donors (Lipinski definition) is 1. The van der Waals surface area contributed by atoms with Crippen molar-refractivity contribution in [1.82, 2.24) is 19.1 Å². The van der Waals surface area contributed by atoms with E-state index in [9.17, 15) is 14.4 Å². The minimum absolute atomic E-state index is 0.0395. The minimum Gasteiger partial charge on any atom is -0.316 e. The summed E-state index contributed by atoms with van der Waals surface area (Å²) in [5, 5.41) is 0.502. The molecule has 0 aliphatic carbocycles. The molecule has 9 heteroatoms. The molecule has 1 N–H and O–H groups in total. The fraction of sp³-hybridized carbons (Fsp3) is 0.200. The summed E-state index contributed by atoms with van der Waals surface area (Å²) < 4.78 is 3.77. The monoisotopic (exact) mass is 408 g/mol. The van der Waals surface area contributed by atoms with Gasteiger partial charge in [0, 0.05) is 24.1 Å². The number of carbonyl (C=O) groups excluding carboxylic acids is 1. The van der Waals surface area contributed by atoms with Crippen molar-refractivity contribution in [3.05, 3.63) is 55.1 Å².